The van der Waals surface area contributed by atoms with Crippen LogP contribution in [0.2, 0.25) is 0 Å². The van der Waals surface area contributed by atoms with Gasteiger partial charge >= 0.3 is 0 Å². The molecule has 1 aliphatic heterocycles. The maximum atomic E-state index is 13.1. The first-order chi connectivity index (χ1) is 13.6. The van der Waals surface area contributed by atoms with Crippen molar-refractivity contribution in [2.24, 2.45) is 0 Å². The van der Waals surface area contributed by atoms with Gasteiger partial charge in [-0.15, -0.1) is 0 Å². The highest BCUT2D eigenvalue weighted by Crippen LogP contribution is 2.40. The first-order valence-electron chi connectivity index (χ1n) is 9.54. The van der Waals surface area contributed by atoms with Crippen molar-refractivity contribution >= 4 is 11.6 Å². The van der Waals surface area contributed by atoms with Gasteiger partial charge in [-0.05, 0) is 63.4 Å². The van der Waals surface area contributed by atoms with E-state index in [2.05, 4.69) is 4.98 Å². The molecule has 0 saturated carbocycles. The number of benzene rings is 1. The Morgan fingerprint density at radius 3 is 2.28 bits per heavy atom. The molecule has 6 heteroatoms. The Labute approximate surface area is 170 Å². The zero-order valence-electron chi connectivity index (χ0n) is 17.3. The van der Waals surface area contributed by atoms with Crippen molar-refractivity contribution in [1.82, 2.24) is 4.98 Å². The van der Waals surface area contributed by atoms with Crippen LogP contribution in [0, 0.1) is 11.3 Å². The fourth-order valence-corrected chi connectivity index (χ4v) is 3.69. The summed E-state index contributed by atoms with van der Waals surface area (Å²) in [5.41, 5.74) is -0.164. The smallest absolute Gasteiger partial charge is 0.219 e. The van der Waals surface area contributed by atoms with Gasteiger partial charge in [0.25, 0.3) is 0 Å². The number of aromatic nitrogens is 1. The van der Waals surface area contributed by atoms with Gasteiger partial charge in [-0.3, -0.25) is 9.59 Å². The maximum Gasteiger partial charge on any atom is 0.219 e. The number of nitrogens with zero attached hydrogens (tertiary/aromatic N) is 2. The number of nitriles is 1. The third-order valence-electron chi connectivity index (χ3n) is 5.12. The second kappa shape index (κ2) is 7.41. The molecule has 0 radical (unpaired) electrons. The third kappa shape index (κ3) is 3.92. The SMILES string of the molecule is CCc1ccc(Oc2ccc(C#N)cn2)cc1C1C(=O)C(C)(C)OC(C)(C)C1=O. The number of hydrogen-bond acceptors (Lipinski definition) is 6. The van der Waals surface area contributed by atoms with Gasteiger partial charge < -0.3 is 9.47 Å². The van der Waals surface area contributed by atoms with Crippen LogP contribution in [0.5, 0.6) is 11.6 Å². The standard InChI is InChI=1S/C23H24N2O4/c1-6-15-8-9-16(28-18-10-7-14(12-24)13-25-18)11-17(15)19-20(26)22(2,3)29-23(4,5)21(19)27/h7-11,13,19H,6H2,1-5H3. The molecule has 29 heavy (non-hydrogen) atoms. The van der Waals surface area contributed by atoms with Crippen molar-refractivity contribution in [3.05, 3.63) is 53.2 Å². The molecule has 0 spiro atoms. The van der Waals surface area contributed by atoms with E-state index < -0.39 is 17.1 Å². The van der Waals surface area contributed by atoms with E-state index in [0.717, 1.165) is 5.56 Å². The van der Waals surface area contributed by atoms with Crippen LogP contribution in [0.15, 0.2) is 36.5 Å². The topological polar surface area (TPSA) is 89.3 Å². The van der Waals surface area contributed by atoms with Gasteiger partial charge in [-0.1, -0.05) is 13.0 Å². The Morgan fingerprint density at radius 1 is 1.10 bits per heavy atom. The first-order valence-corrected chi connectivity index (χ1v) is 9.54. The summed E-state index contributed by atoms with van der Waals surface area (Å²) in [7, 11) is 0. The summed E-state index contributed by atoms with van der Waals surface area (Å²) in [5, 5.41) is 8.89. The van der Waals surface area contributed by atoms with Crippen molar-refractivity contribution in [2.75, 3.05) is 0 Å². The lowest BCUT2D eigenvalue weighted by molar-refractivity contribution is -0.184. The molecule has 2 heterocycles. The molecule has 0 aliphatic carbocycles. The van der Waals surface area contributed by atoms with E-state index in [1.54, 1.807) is 52.0 Å². The van der Waals surface area contributed by atoms with Crippen LogP contribution in [0.4, 0.5) is 0 Å². The minimum Gasteiger partial charge on any atom is -0.439 e. The van der Waals surface area contributed by atoms with Gasteiger partial charge in [-0.25, -0.2) is 4.98 Å². The highest BCUT2D eigenvalue weighted by molar-refractivity contribution is 6.15. The summed E-state index contributed by atoms with van der Waals surface area (Å²) < 4.78 is 11.6. The van der Waals surface area contributed by atoms with E-state index >= 15 is 0 Å². The van der Waals surface area contributed by atoms with Gasteiger partial charge in [0, 0.05) is 12.3 Å². The van der Waals surface area contributed by atoms with Crippen LogP contribution in [0.3, 0.4) is 0 Å². The Morgan fingerprint density at radius 2 is 1.76 bits per heavy atom. The fraction of sp³-hybridized carbons (Fsp3) is 0.391. The number of hydrogen-bond donors (Lipinski definition) is 0. The molecule has 6 nitrogen and oxygen atoms in total. The first kappa shape index (κ1) is 20.7. The van der Waals surface area contributed by atoms with E-state index in [1.165, 1.54) is 6.20 Å². The normalized spacial score (nSPS) is 18.3. The number of carbonyl (C=O) groups is 2. The van der Waals surface area contributed by atoms with Crippen LogP contribution >= 0.6 is 0 Å². The highest BCUT2D eigenvalue weighted by atomic mass is 16.5. The van der Waals surface area contributed by atoms with Crippen LogP contribution in [-0.4, -0.2) is 27.8 Å². The molecule has 0 bridgehead atoms. The summed E-state index contributed by atoms with van der Waals surface area (Å²) in [5.74, 6) is -0.641. The molecule has 3 rings (SSSR count). The maximum absolute atomic E-state index is 13.1. The predicted molar refractivity (Wildman–Crippen MR) is 107 cm³/mol. The molecule has 150 valence electrons. The van der Waals surface area contributed by atoms with Gasteiger partial charge in [0.1, 0.15) is 28.9 Å². The number of carbonyl (C=O) groups excluding carboxylic acids is 2. The lowest BCUT2D eigenvalue weighted by Gasteiger charge is -2.43. The number of ether oxygens (including phenoxy) is 2. The molecule has 0 unspecified atom stereocenters. The largest absolute Gasteiger partial charge is 0.439 e. The zero-order chi connectivity index (χ0) is 21.4. The van der Waals surface area contributed by atoms with Gasteiger partial charge in [0.05, 0.1) is 5.56 Å². The number of ketones is 2. The molecule has 2 aromatic rings. The average molecular weight is 392 g/mol. The molecule has 1 fully saturated rings. The molecule has 0 N–H and O–H groups in total. The monoisotopic (exact) mass is 392 g/mol. The number of Topliss-reactive ketones (excluding diaryl/α,β-unsaturated/α-hetero) is 2. The Bertz CT molecular complexity index is 975. The van der Waals surface area contributed by atoms with Crippen molar-refractivity contribution in [3.8, 4) is 17.7 Å². The second-order valence-electron chi connectivity index (χ2n) is 8.10. The molecule has 1 aliphatic rings. The van der Waals surface area contributed by atoms with E-state index in [0.29, 0.717) is 29.2 Å². The van der Waals surface area contributed by atoms with Crippen molar-refractivity contribution in [3.63, 3.8) is 0 Å². The minimum absolute atomic E-state index is 0.259. The number of aryl methyl sites for hydroxylation is 1. The molecular formula is C23H24N2O4. The van der Waals surface area contributed by atoms with Gasteiger partial charge in [0.15, 0.2) is 11.6 Å². The Balaban J connectivity index is 2.03. The fourth-order valence-electron chi connectivity index (χ4n) is 3.69. The van der Waals surface area contributed by atoms with Crippen LogP contribution in [-0.2, 0) is 20.7 Å². The van der Waals surface area contributed by atoms with E-state index in [9.17, 15) is 9.59 Å². The van der Waals surface area contributed by atoms with Crippen molar-refractivity contribution in [2.45, 2.75) is 58.2 Å². The molecule has 0 amide bonds. The lowest BCUT2D eigenvalue weighted by atomic mass is 9.73. The quantitative estimate of drug-likeness (QED) is 0.727. The molecular weight excluding hydrogens is 368 g/mol. The summed E-state index contributed by atoms with van der Waals surface area (Å²) in [4.78, 5) is 30.4. The minimum atomic E-state index is -1.07. The number of rotatable bonds is 4. The Hall–Kier alpha value is -3.04. The van der Waals surface area contributed by atoms with Crippen LogP contribution in [0.25, 0.3) is 0 Å². The third-order valence-corrected chi connectivity index (χ3v) is 5.12. The predicted octanol–water partition coefficient (Wildman–Crippen LogP) is 4.12. The zero-order valence-corrected chi connectivity index (χ0v) is 17.3. The molecule has 1 aromatic carbocycles. The number of pyridine rings is 1. The lowest BCUT2D eigenvalue weighted by Crippen LogP contribution is -2.58. The van der Waals surface area contributed by atoms with Crippen molar-refractivity contribution < 1.29 is 19.1 Å². The Kier molecular flexibility index (Phi) is 5.29. The summed E-state index contributed by atoms with van der Waals surface area (Å²) >= 11 is 0. The summed E-state index contributed by atoms with van der Waals surface area (Å²) in [6, 6.07) is 10.6. The van der Waals surface area contributed by atoms with Gasteiger partial charge in [-0.2, -0.15) is 5.26 Å². The molecule has 1 aromatic heterocycles. The van der Waals surface area contributed by atoms with E-state index in [1.807, 2.05) is 19.1 Å². The van der Waals surface area contributed by atoms with Crippen LogP contribution < -0.4 is 4.74 Å². The summed E-state index contributed by atoms with van der Waals surface area (Å²) in [6.45, 7) is 8.77. The second-order valence-corrected chi connectivity index (χ2v) is 8.10. The molecule has 0 atom stereocenters. The van der Waals surface area contributed by atoms with Gasteiger partial charge in [0.2, 0.25) is 5.88 Å². The van der Waals surface area contributed by atoms with E-state index in [-0.39, 0.29) is 11.6 Å². The molecule has 1 saturated heterocycles. The van der Waals surface area contributed by atoms with E-state index in [4.69, 9.17) is 14.7 Å². The average Bonchev–Trinajstić information content (AvgIpc) is 2.67. The highest BCUT2D eigenvalue weighted by Gasteiger charge is 2.53. The van der Waals surface area contributed by atoms with Crippen LogP contribution in [0.1, 0.15) is 57.2 Å². The summed E-state index contributed by atoms with van der Waals surface area (Å²) in [6.07, 6.45) is 2.09. The van der Waals surface area contributed by atoms with Crippen molar-refractivity contribution in [1.29, 1.82) is 5.26 Å².